The third kappa shape index (κ3) is 6.50. The number of anilines is 1. The van der Waals surface area contributed by atoms with E-state index in [9.17, 15) is 9.59 Å². The van der Waals surface area contributed by atoms with E-state index in [1.54, 1.807) is 0 Å². The Kier molecular flexibility index (Phi) is 8.50. The van der Waals surface area contributed by atoms with Crippen LogP contribution in [0.25, 0.3) is 0 Å². The van der Waals surface area contributed by atoms with Crippen molar-refractivity contribution in [2.24, 2.45) is 0 Å². The van der Waals surface area contributed by atoms with Gasteiger partial charge in [0.25, 0.3) is 0 Å². The van der Waals surface area contributed by atoms with Crippen LogP contribution in [-0.2, 0) is 14.3 Å². The van der Waals surface area contributed by atoms with Crippen LogP contribution in [0.1, 0.15) is 18.0 Å². The van der Waals surface area contributed by atoms with Crippen LogP contribution >= 0.6 is 0 Å². The maximum Gasteiger partial charge on any atom is 0.309 e. The summed E-state index contributed by atoms with van der Waals surface area (Å²) in [5, 5.41) is 14.0. The molecule has 1 aliphatic rings. The highest BCUT2D eigenvalue weighted by atomic mass is 16.5. The topological polar surface area (TPSA) is 94.1 Å². The minimum atomic E-state index is -0.674. The number of aliphatic hydroxyl groups excluding tert-OH is 1. The lowest BCUT2D eigenvalue weighted by Gasteiger charge is -2.35. The first-order valence-electron chi connectivity index (χ1n) is 9.29. The molecule has 0 unspecified atom stereocenters. The number of nitrogens with one attached hydrogen (secondary N) is 2. The Morgan fingerprint density at radius 2 is 1.78 bits per heavy atom. The quantitative estimate of drug-likeness (QED) is 0.426. The SMILES string of the molecule is CN(C)c1ccc([C@@H](CNC(=O)C(=O)NCCCO)N2CCOCC2)cc1. The van der Waals surface area contributed by atoms with Crippen LogP contribution in [0, 0.1) is 0 Å². The van der Waals surface area contributed by atoms with Gasteiger partial charge in [0.15, 0.2) is 0 Å². The Morgan fingerprint density at radius 3 is 2.37 bits per heavy atom. The molecule has 1 fully saturated rings. The molecule has 0 aromatic heterocycles. The summed E-state index contributed by atoms with van der Waals surface area (Å²) in [6, 6.07) is 8.18. The smallest absolute Gasteiger partial charge is 0.309 e. The van der Waals surface area contributed by atoms with Crippen molar-refractivity contribution in [2.45, 2.75) is 12.5 Å². The largest absolute Gasteiger partial charge is 0.396 e. The van der Waals surface area contributed by atoms with Gasteiger partial charge in [0.05, 0.1) is 19.3 Å². The number of aliphatic hydroxyl groups is 1. The molecular weight excluding hydrogens is 348 g/mol. The second kappa shape index (κ2) is 10.9. The van der Waals surface area contributed by atoms with Crippen molar-refractivity contribution in [3.8, 4) is 0 Å². The van der Waals surface area contributed by atoms with Gasteiger partial charge in [-0.3, -0.25) is 14.5 Å². The summed E-state index contributed by atoms with van der Waals surface area (Å²) in [4.78, 5) is 28.2. The molecule has 1 aromatic carbocycles. The number of rotatable bonds is 8. The number of carbonyl (C=O) groups excluding carboxylic acids is 2. The van der Waals surface area contributed by atoms with Gasteiger partial charge >= 0.3 is 11.8 Å². The second-order valence-electron chi connectivity index (χ2n) is 6.69. The second-order valence-corrected chi connectivity index (χ2v) is 6.69. The van der Waals surface area contributed by atoms with Crippen molar-refractivity contribution >= 4 is 17.5 Å². The van der Waals surface area contributed by atoms with Crippen LogP contribution in [0.3, 0.4) is 0 Å². The third-order valence-corrected chi connectivity index (χ3v) is 4.56. The van der Waals surface area contributed by atoms with E-state index in [0.29, 0.717) is 26.2 Å². The molecule has 1 saturated heterocycles. The average molecular weight is 378 g/mol. The fourth-order valence-corrected chi connectivity index (χ4v) is 2.97. The molecule has 0 aliphatic carbocycles. The Morgan fingerprint density at radius 1 is 1.15 bits per heavy atom. The molecule has 0 saturated carbocycles. The lowest BCUT2D eigenvalue weighted by atomic mass is 10.0. The number of hydrogen-bond donors (Lipinski definition) is 3. The predicted molar refractivity (Wildman–Crippen MR) is 104 cm³/mol. The molecule has 0 radical (unpaired) electrons. The van der Waals surface area contributed by atoms with Gasteiger partial charge in [-0.25, -0.2) is 0 Å². The van der Waals surface area contributed by atoms with Crippen molar-refractivity contribution in [3.05, 3.63) is 29.8 Å². The molecule has 1 heterocycles. The summed E-state index contributed by atoms with van der Waals surface area (Å²) in [5.74, 6) is -1.33. The fourth-order valence-electron chi connectivity index (χ4n) is 2.97. The zero-order chi connectivity index (χ0) is 19.6. The van der Waals surface area contributed by atoms with Crippen LogP contribution in [0.5, 0.6) is 0 Å². The Balaban J connectivity index is 2.02. The zero-order valence-corrected chi connectivity index (χ0v) is 16.1. The molecule has 27 heavy (non-hydrogen) atoms. The number of ether oxygens (including phenoxy) is 1. The number of benzene rings is 1. The molecule has 2 rings (SSSR count). The highest BCUT2D eigenvalue weighted by molar-refractivity contribution is 6.35. The van der Waals surface area contributed by atoms with Gasteiger partial charge in [-0.05, 0) is 24.1 Å². The summed E-state index contributed by atoms with van der Waals surface area (Å²) in [6.07, 6.45) is 0.424. The first-order valence-corrected chi connectivity index (χ1v) is 9.29. The summed E-state index contributed by atoms with van der Waals surface area (Å²) >= 11 is 0. The maximum atomic E-state index is 12.1. The number of hydrogen-bond acceptors (Lipinski definition) is 6. The van der Waals surface area contributed by atoms with E-state index in [2.05, 4.69) is 27.7 Å². The highest BCUT2D eigenvalue weighted by Gasteiger charge is 2.24. The molecule has 0 spiro atoms. The monoisotopic (exact) mass is 378 g/mol. The molecule has 8 nitrogen and oxygen atoms in total. The number of morpholine rings is 1. The summed E-state index contributed by atoms with van der Waals surface area (Å²) < 4.78 is 5.43. The van der Waals surface area contributed by atoms with Gasteiger partial charge in [0, 0.05) is 52.6 Å². The van der Waals surface area contributed by atoms with Crippen LogP contribution < -0.4 is 15.5 Å². The lowest BCUT2D eigenvalue weighted by Crippen LogP contribution is -2.46. The normalized spacial score (nSPS) is 15.8. The molecule has 3 N–H and O–H groups in total. The standard InChI is InChI=1S/C19H30N4O4/c1-22(2)16-6-4-15(5-7-16)17(23-9-12-27-13-10-23)14-21-19(26)18(25)20-8-3-11-24/h4-7,17,24H,3,8-14H2,1-2H3,(H,20,25)(H,21,26)/t17-/m1/s1. The molecule has 8 heteroatoms. The van der Waals surface area contributed by atoms with Crippen LogP contribution in [0.2, 0.25) is 0 Å². The van der Waals surface area contributed by atoms with E-state index in [-0.39, 0.29) is 19.2 Å². The molecule has 1 aliphatic heterocycles. The van der Waals surface area contributed by atoms with E-state index in [0.717, 1.165) is 24.3 Å². The van der Waals surface area contributed by atoms with Crippen LogP contribution in [-0.4, -0.2) is 81.9 Å². The van der Waals surface area contributed by atoms with Gasteiger partial charge in [-0.15, -0.1) is 0 Å². The minimum absolute atomic E-state index is 0.0239. The summed E-state index contributed by atoms with van der Waals surface area (Å²) in [7, 11) is 3.98. The van der Waals surface area contributed by atoms with Crippen molar-refractivity contribution in [1.29, 1.82) is 0 Å². The average Bonchev–Trinajstić information content (AvgIpc) is 2.69. The highest BCUT2D eigenvalue weighted by Crippen LogP contribution is 2.23. The Labute approximate surface area is 160 Å². The van der Waals surface area contributed by atoms with Gasteiger partial charge < -0.3 is 25.4 Å². The van der Waals surface area contributed by atoms with Crippen molar-refractivity contribution < 1.29 is 19.4 Å². The van der Waals surface area contributed by atoms with Crippen LogP contribution in [0.4, 0.5) is 5.69 Å². The van der Waals surface area contributed by atoms with E-state index >= 15 is 0 Å². The molecular formula is C19H30N4O4. The molecule has 1 aromatic rings. The number of carbonyl (C=O) groups is 2. The van der Waals surface area contributed by atoms with Crippen LogP contribution in [0.15, 0.2) is 24.3 Å². The molecule has 2 amide bonds. The fraction of sp³-hybridized carbons (Fsp3) is 0.579. The van der Waals surface area contributed by atoms with E-state index in [1.165, 1.54) is 0 Å². The zero-order valence-electron chi connectivity index (χ0n) is 16.1. The van der Waals surface area contributed by atoms with Crippen molar-refractivity contribution in [2.75, 3.05) is 65.0 Å². The minimum Gasteiger partial charge on any atom is -0.396 e. The summed E-state index contributed by atoms with van der Waals surface area (Å²) in [6.45, 7) is 3.46. The summed E-state index contributed by atoms with van der Waals surface area (Å²) in [5.41, 5.74) is 2.19. The number of nitrogens with zero attached hydrogens (tertiary/aromatic N) is 2. The van der Waals surface area contributed by atoms with E-state index in [1.807, 2.05) is 31.1 Å². The van der Waals surface area contributed by atoms with Crippen molar-refractivity contribution in [1.82, 2.24) is 15.5 Å². The Bertz CT molecular complexity index is 600. The van der Waals surface area contributed by atoms with Crippen molar-refractivity contribution in [3.63, 3.8) is 0 Å². The van der Waals surface area contributed by atoms with E-state index < -0.39 is 11.8 Å². The Hall–Kier alpha value is -2.16. The molecule has 0 bridgehead atoms. The molecule has 150 valence electrons. The van der Waals surface area contributed by atoms with Gasteiger partial charge in [-0.1, -0.05) is 12.1 Å². The van der Waals surface area contributed by atoms with E-state index in [4.69, 9.17) is 9.84 Å². The lowest BCUT2D eigenvalue weighted by molar-refractivity contribution is -0.139. The number of amides is 2. The predicted octanol–water partition coefficient (Wildman–Crippen LogP) is -0.259. The van der Waals surface area contributed by atoms with Gasteiger partial charge in [0.2, 0.25) is 0 Å². The third-order valence-electron chi connectivity index (χ3n) is 4.56. The van der Waals surface area contributed by atoms with Gasteiger partial charge in [0.1, 0.15) is 0 Å². The first kappa shape index (κ1) is 21.1. The first-order chi connectivity index (χ1) is 13.0. The van der Waals surface area contributed by atoms with Gasteiger partial charge in [-0.2, -0.15) is 0 Å². The molecule has 1 atom stereocenters. The maximum absolute atomic E-state index is 12.1.